The first kappa shape index (κ1) is 13.1. The van der Waals surface area contributed by atoms with Crippen LogP contribution in [0.2, 0.25) is 0 Å². The van der Waals surface area contributed by atoms with Crippen LogP contribution < -0.4 is 4.74 Å². The van der Waals surface area contributed by atoms with E-state index < -0.39 is 6.10 Å². The summed E-state index contributed by atoms with van der Waals surface area (Å²) in [7, 11) is 0. The minimum atomic E-state index is -0.465. The maximum Gasteiger partial charge on any atom is 0.137 e. The molecule has 1 aromatic carbocycles. The van der Waals surface area contributed by atoms with E-state index in [0.717, 1.165) is 17.7 Å². The molecule has 2 aromatic rings. The fraction of sp³-hybridized carbons (Fsp3) is 0.353. The van der Waals surface area contributed by atoms with Crippen LogP contribution in [-0.2, 0) is 0 Å². The van der Waals surface area contributed by atoms with Crippen molar-refractivity contribution in [1.29, 1.82) is 0 Å². The lowest BCUT2D eigenvalue weighted by Gasteiger charge is -2.12. The molecule has 0 spiro atoms. The third-order valence-corrected chi connectivity index (χ3v) is 3.86. The number of aliphatic hydroxyl groups is 1. The Hall–Kier alpha value is -1.87. The van der Waals surface area contributed by atoms with Gasteiger partial charge >= 0.3 is 0 Å². The van der Waals surface area contributed by atoms with Gasteiger partial charge in [-0.1, -0.05) is 30.3 Å². The highest BCUT2D eigenvalue weighted by atomic mass is 16.5. The first-order valence-corrected chi connectivity index (χ1v) is 7.10. The van der Waals surface area contributed by atoms with Crippen molar-refractivity contribution in [3.05, 3.63) is 59.9 Å². The lowest BCUT2D eigenvalue weighted by Crippen LogP contribution is -2.03. The predicted molar refractivity (Wildman–Crippen MR) is 77.7 cm³/mol. The van der Waals surface area contributed by atoms with Crippen LogP contribution in [0.25, 0.3) is 0 Å². The molecule has 1 aromatic heterocycles. The summed E-state index contributed by atoms with van der Waals surface area (Å²) < 4.78 is 5.43. The zero-order valence-corrected chi connectivity index (χ0v) is 11.6. The number of hydrogen-bond donors (Lipinski definition) is 1. The molecular weight excluding hydrogens is 250 g/mol. The molecule has 20 heavy (non-hydrogen) atoms. The van der Waals surface area contributed by atoms with E-state index in [9.17, 15) is 5.11 Å². The number of aromatic nitrogens is 1. The molecule has 3 heteroatoms. The van der Waals surface area contributed by atoms with Crippen molar-refractivity contribution in [2.45, 2.75) is 25.4 Å². The van der Waals surface area contributed by atoms with Gasteiger partial charge in [0.2, 0.25) is 0 Å². The fourth-order valence-electron chi connectivity index (χ4n) is 2.74. The zero-order chi connectivity index (χ0) is 13.9. The largest absolute Gasteiger partial charge is 0.492 e. The average molecular weight is 269 g/mol. The van der Waals surface area contributed by atoms with Crippen LogP contribution in [0, 0.1) is 5.92 Å². The Balaban J connectivity index is 1.71. The molecule has 1 aliphatic carbocycles. The molecule has 1 heterocycles. The maximum absolute atomic E-state index is 10.5. The lowest BCUT2D eigenvalue weighted by atomic mass is 10.0. The first-order valence-electron chi connectivity index (χ1n) is 7.10. The highest BCUT2D eigenvalue weighted by Gasteiger charge is 2.43. The third-order valence-electron chi connectivity index (χ3n) is 3.86. The van der Waals surface area contributed by atoms with E-state index in [0.29, 0.717) is 12.5 Å². The smallest absolute Gasteiger partial charge is 0.137 e. The predicted octanol–water partition coefficient (Wildman–Crippen LogP) is 3.32. The SMILES string of the molecule is CCOc1cncc(C(O)C2CC2c2ccccc2)c1. The monoisotopic (exact) mass is 269 g/mol. The summed E-state index contributed by atoms with van der Waals surface area (Å²) in [5.41, 5.74) is 2.16. The molecule has 0 aliphatic heterocycles. The second kappa shape index (κ2) is 5.63. The van der Waals surface area contributed by atoms with Crippen LogP contribution in [0.3, 0.4) is 0 Å². The first-order chi connectivity index (χ1) is 9.79. The molecule has 0 radical (unpaired) electrons. The van der Waals surface area contributed by atoms with E-state index in [2.05, 4.69) is 17.1 Å². The Morgan fingerprint density at radius 2 is 2.10 bits per heavy atom. The molecule has 1 fully saturated rings. The zero-order valence-electron chi connectivity index (χ0n) is 11.6. The van der Waals surface area contributed by atoms with E-state index in [4.69, 9.17) is 4.74 Å². The van der Waals surface area contributed by atoms with Crippen molar-refractivity contribution in [3.63, 3.8) is 0 Å². The summed E-state index contributed by atoms with van der Waals surface area (Å²) in [6.45, 7) is 2.55. The van der Waals surface area contributed by atoms with Gasteiger partial charge in [-0.15, -0.1) is 0 Å². The van der Waals surface area contributed by atoms with Gasteiger partial charge in [0.05, 0.1) is 18.9 Å². The van der Waals surface area contributed by atoms with Crippen LogP contribution in [0.5, 0.6) is 5.75 Å². The average Bonchev–Trinajstić information content (AvgIpc) is 3.29. The molecule has 3 nitrogen and oxygen atoms in total. The second-order valence-electron chi connectivity index (χ2n) is 5.25. The molecule has 0 amide bonds. The summed E-state index contributed by atoms with van der Waals surface area (Å²) in [5.74, 6) is 1.47. The molecule has 1 saturated carbocycles. The van der Waals surface area contributed by atoms with Gasteiger partial charge in [-0.2, -0.15) is 0 Å². The number of aliphatic hydroxyl groups excluding tert-OH is 1. The highest BCUT2D eigenvalue weighted by molar-refractivity contribution is 5.31. The fourth-order valence-corrected chi connectivity index (χ4v) is 2.74. The Morgan fingerprint density at radius 1 is 1.30 bits per heavy atom. The number of rotatable bonds is 5. The molecule has 104 valence electrons. The molecule has 3 rings (SSSR count). The van der Waals surface area contributed by atoms with Gasteiger partial charge in [-0.25, -0.2) is 0 Å². The van der Waals surface area contributed by atoms with Crippen LogP contribution in [0.4, 0.5) is 0 Å². The molecule has 1 aliphatic rings. The Labute approximate surface area is 119 Å². The van der Waals surface area contributed by atoms with Gasteiger partial charge in [0.25, 0.3) is 0 Å². The number of pyridine rings is 1. The van der Waals surface area contributed by atoms with Crippen LogP contribution in [0.1, 0.15) is 36.5 Å². The number of benzene rings is 1. The summed E-state index contributed by atoms with van der Waals surface area (Å²) in [6, 6.07) is 12.3. The standard InChI is InChI=1S/C17H19NO2/c1-2-20-14-8-13(10-18-11-14)17(19)16-9-15(16)12-6-4-3-5-7-12/h3-8,10-11,15-17,19H,2,9H2,1H3. The summed E-state index contributed by atoms with van der Waals surface area (Å²) >= 11 is 0. The minimum Gasteiger partial charge on any atom is -0.492 e. The third kappa shape index (κ3) is 2.68. The Kier molecular flexibility index (Phi) is 3.70. The van der Waals surface area contributed by atoms with Crippen LogP contribution in [-0.4, -0.2) is 16.7 Å². The molecule has 1 N–H and O–H groups in total. The summed E-state index contributed by atoms with van der Waals surface area (Å²) in [4.78, 5) is 4.15. The normalized spacial score (nSPS) is 22.3. The summed E-state index contributed by atoms with van der Waals surface area (Å²) in [6.07, 6.45) is 3.98. The lowest BCUT2D eigenvalue weighted by molar-refractivity contribution is 0.150. The van der Waals surface area contributed by atoms with Gasteiger partial charge in [-0.05, 0) is 36.8 Å². The molecule has 3 atom stereocenters. The summed E-state index contributed by atoms with van der Waals surface area (Å²) in [5, 5.41) is 10.5. The van der Waals surface area contributed by atoms with E-state index in [-0.39, 0.29) is 5.92 Å². The molecule has 0 saturated heterocycles. The maximum atomic E-state index is 10.5. The number of hydrogen-bond acceptors (Lipinski definition) is 3. The van der Waals surface area contributed by atoms with Gasteiger partial charge in [0.15, 0.2) is 0 Å². The van der Waals surface area contributed by atoms with Crippen molar-refractivity contribution in [2.24, 2.45) is 5.92 Å². The second-order valence-corrected chi connectivity index (χ2v) is 5.25. The molecule has 3 unspecified atom stereocenters. The van der Waals surface area contributed by atoms with Crippen molar-refractivity contribution in [2.75, 3.05) is 6.61 Å². The minimum absolute atomic E-state index is 0.288. The molecule has 0 bridgehead atoms. The van der Waals surface area contributed by atoms with Crippen molar-refractivity contribution in [1.82, 2.24) is 4.98 Å². The van der Waals surface area contributed by atoms with E-state index >= 15 is 0 Å². The quantitative estimate of drug-likeness (QED) is 0.905. The van der Waals surface area contributed by atoms with Gasteiger partial charge in [-0.3, -0.25) is 4.98 Å². The van der Waals surface area contributed by atoms with E-state index in [1.165, 1.54) is 5.56 Å². The van der Waals surface area contributed by atoms with Crippen molar-refractivity contribution >= 4 is 0 Å². The van der Waals surface area contributed by atoms with Gasteiger partial charge in [0.1, 0.15) is 5.75 Å². The van der Waals surface area contributed by atoms with Crippen molar-refractivity contribution in [3.8, 4) is 5.75 Å². The van der Waals surface area contributed by atoms with Gasteiger partial charge in [0, 0.05) is 11.8 Å². The number of ether oxygens (including phenoxy) is 1. The number of nitrogens with zero attached hydrogens (tertiary/aromatic N) is 1. The Bertz CT molecular complexity index is 570. The molecular formula is C17H19NO2. The Morgan fingerprint density at radius 3 is 2.85 bits per heavy atom. The van der Waals surface area contributed by atoms with Crippen LogP contribution >= 0.6 is 0 Å². The van der Waals surface area contributed by atoms with Crippen LogP contribution in [0.15, 0.2) is 48.8 Å². The van der Waals surface area contributed by atoms with E-state index in [1.807, 2.05) is 31.2 Å². The highest BCUT2D eigenvalue weighted by Crippen LogP contribution is 2.54. The topological polar surface area (TPSA) is 42.4 Å². The van der Waals surface area contributed by atoms with Gasteiger partial charge < -0.3 is 9.84 Å². The van der Waals surface area contributed by atoms with E-state index in [1.54, 1.807) is 12.4 Å². The van der Waals surface area contributed by atoms with Crippen molar-refractivity contribution < 1.29 is 9.84 Å².